The molecule has 0 radical (unpaired) electrons. The molecule has 138 valence electrons. The second-order valence-corrected chi connectivity index (χ2v) is 5.30. The summed E-state index contributed by atoms with van der Waals surface area (Å²) in [5.74, 6) is -3.66. The van der Waals surface area contributed by atoms with Crippen LogP contribution in [0.2, 0.25) is 0 Å². The number of amides is 1. The molecule has 27 heavy (non-hydrogen) atoms. The van der Waals surface area contributed by atoms with Crippen LogP contribution >= 0.6 is 0 Å². The van der Waals surface area contributed by atoms with Crippen molar-refractivity contribution in [2.24, 2.45) is 10.2 Å². The Morgan fingerprint density at radius 3 is 2.26 bits per heavy atom. The van der Waals surface area contributed by atoms with Crippen molar-refractivity contribution >= 4 is 29.2 Å². The van der Waals surface area contributed by atoms with E-state index in [0.29, 0.717) is 0 Å². The zero-order chi connectivity index (χ0) is 20.0. The van der Waals surface area contributed by atoms with Gasteiger partial charge in [0.15, 0.2) is 5.70 Å². The third kappa shape index (κ3) is 4.98. The highest BCUT2D eigenvalue weighted by atomic mass is 16.4. The summed E-state index contributed by atoms with van der Waals surface area (Å²) in [5.41, 5.74) is -0.415. The van der Waals surface area contributed by atoms with E-state index in [1.54, 1.807) is 6.07 Å². The maximum absolute atomic E-state index is 12.3. The first-order chi connectivity index (χ1) is 12.8. The Hall–Kier alpha value is -4.01. The van der Waals surface area contributed by atoms with E-state index in [1.165, 1.54) is 49.4 Å². The monoisotopic (exact) mass is 369 g/mol. The van der Waals surface area contributed by atoms with Gasteiger partial charge in [0.1, 0.15) is 11.4 Å². The number of benzene rings is 2. The van der Waals surface area contributed by atoms with Gasteiger partial charge in [-0.15, -0.1) is 10.2 Å². The van der Waals surface area contributed by atoms with Crippen LogP contribution in [0.5, 0.6) is 0 Å². The number of aliphatic hydroxyl groups excluding tert-OH is 1. The van der Waals surface area contributed by atoms with Crippen molar-refractivity contribution in [2.75, 3.05) is 5.32 Å². The Balaban J connectivity index is 2.27. The van der Waals surface area contributed by atoms with Crippen LogP contribution in [0.3, 0.4) is 0 Å². The highest BCUT2D eigenvalue weighted by Gasteiger charge is 2.15. The number of aromatic carboxylic acids is 2. The minimum Gasteiger partial charge on any atom is -0.510 e. The minimum atomic E-state index is -1.22. The number of hydrogen-bond donors (Lipinski definition) is 4. The van der Waals surface area contributed by atoms with Crippen LogP contribution in [0.25, 0.3) is 0 Å². The summed E-state index contributed by atoms with van der Waals surface area (Å²) in [7, 11) is 0. The van der Waals surface area contributed by atoms with Gasteiger partial charge >= 0.3 is 11.9 Å². The summed E-state index contributed by atoms with van der Waals surface area (Å²) >= 11 is 0. The average molecular weight is 369 g/mol. The molecule has 0 saturated heterocycles. The van der Waals surface area contributed by atoms with Crippen molar-refractivity contribution in [1.29, 1.82) is 0 Å². The number of nitrogens with zero attached hydrogens (tertiary/aromatic N) is 2. The molecule has 9 nitrogen and oxygen atoms in total. The molecular weight excluding hydrogens is 354 g/mol. The number of hydrogen-bond acceptors (Lipinski definition) is 6. The van der Waals surface area contributed by atoms with E-state index in [-0.39, 0.29) is 22.5 Å². The highest BCUT2D eigenvalue weighted by molar-refractivity contribution is 6.04. The lowest BCUT2D eigenvalue weighted by molar-refractivity contribution is -0.113. The minimum absolute atomic E-state index is 0.00410. The van der Waals surface area contributed by atoms with Gasteiger partial charge in [-0.3, -0.25) is 4.79 Å². The Labute approximate surface area is 153 Å². The summed E-state index contributed by atoms with van der Waals surface area (Å²) in [6, 6.07) is 11.3. The molecule has 2 aromatic rings. The van der Waals surface area contributed by atoms with Crippen LogP contribution in [-0.4, -0.2) is 33.2 Å². The quantitative estimate of drug-likeness (QED) is 0.347. The number of carbonyl (C=O) groups excluding carboxylic acids is 1. The SMILES string of the molecule is CC(O)=C(N=Nc1ccccc1C(=O)O)C(=O)Nc1cccc(C(=O)O)c1. The molecule has 2 aromatic carbocycles. The number of allylic oxidation sites excluding steroid dienone is 1. The predicted octanol–water partition coefficient (Wildman–Crippen LogP) is 3.59. The zero-order valence-electron chi connectivity index (χ0n) is 14.1. The fourth-order valence-corrected chi connectivity index (χ4v) is 2.05. The van der Waals surface area contributed by atoms with Crippen LogP contribution < -0.4 is 5.32 Å². The van der Waals surface area contributed by atoms with Crippen molar-refractivity contribution in [3.8, 4) is 0 Å². The number of azo groups is 1. The summed E-state index contributed by atoms with van der Waals surface area (Å²) in [5, 5.41) is 37.6. The topological polar surface area (TPSA) is 149 Å². The molecule has 0 aliphatic carbocycles. The lowest BCUT2D eigenvalue weighted by Gasteiger charge is -2.07. The van der Waals surface area contributed by atoms with Crippen molar-refractivity contribution in [2.45, 2.75) is 6.92 Å². The van der Waals surface area contributed by atoms with E-state index in [4.69, 9.17) is 10.2 Å². The molecule has 0 bridgehead atoms. The Bertz CT molecular complexity index is 961. The first-order valence-corrected chi connectivity index (χ1v) is 7.58. The predicted molar refractivity (Wildman–Crippen MR) is 95.3 cm³/mol. The number of carboxylic acid groups (broad SMARTS) is 2. The molecule has 0 spiro atoms. The molecule has 0 atom stereocenters. The van der Waals surface area contributed by atoms with Gasteiger partial charge in [-0.1, -0.05) is 18.2 Å². The molecule has 2 rings (SSSR count). The lowest BCUT2D eigenvalue weighted by Crippen LogP contribution is -2.15. The van der Waals surface area contributed by atoms with Gasteiger partial charge in [0.25, 0.3) is 5.91 Å². The fourth-order valence-electron chi connectivity index (χ4n) is 2.05. The average Bonchev–Trinajstić information content (AvgIpc) is 2.62. The largest absolute Gasteiger partial charge is 0.510 e. The van der Waals surface area contributed by atoms with E-state index in [1.807, 2.05) is 0 Å². The highest BCUT2D eigenvalue weighted by Crippen LogP contribution is 2.21. The number of carbonyl (C=O) groups is 3. The number of nitrogens with one attached hydrogen (secondary N) is 1. The number of carboxylic acids is 2. The van der Waals surface area contributed by atoms with Crippen molar-refractivity contribution in [1.82, 2.24) is 0 Å². The van der Waals surface area contributed by atoms with Crippen LogP contribution in [0.1, 0.15) is 27.6 Å². The second-order valence-electron chi connectivity index (χ2n) is 5.30. The molecule has 0 saturated carbocycles. The Kier molecular flexibility index (Phi) is 6.00. The third-order valence-electron chi connectivity index (χ3n) is 3.32. The van der Waals surface area contributed by atoms with E-state index in [2.05, 4.69) is 15.5 Å². The van der Waals surface area contributed by atoms with Crippen LogP contribution in [-0.2, 0) is 4.79 Å². The Morgan fingerprint density at radius 1 is 0.926 bits per heavy atom. The maximum Gasteiger partial charge on any atom is 0.337 e. The Morgan fingerprint density at radius 2 is 1.63 bits per heavy atom. The summed E-state index contributed by atoms with van der Waals surface area (Å²) in [4.78, 5) is 34.5. The molecule has 0 aromatic heterocycles. The molecule has 0 aliphatic heterocycles. The molecule has 0 heterocycles. The number of rotatable bonds is 6. The van der Waals surface area contributed by atoms with Gasteiger partial charge in [0.05, 0.1) is 11.1 Å². The van der Waals surface area contributed by atoms with Crippen molar-refractivity contribution < 1.29 is 29.7 Å². The van der Waals surface area contributed by atoms with Gasteiger partial charge in [0, 0.05) is 5.69 Å². The molecule has 0 unspecified atom stereocenters. The molecule has 4 N–H and O–H groups in total. The van der Waals surface area contributed by atoms with E-state index >= 15 is 0 Å². The third-order valence-corrected chi connectivity index (χ3v) is 3.32. The van der Waals surface area contributed by atoms with Crippen LogP contribution in [0.15, 0.2) is 70.2 Å². The van der Waals surface area contributed by atoms with Crippen LogP contribution in [0, 0.1) is 0 Å². The van der Waals surface area contributed by atoms with Gasteiger partial charge in [0.2, 0.25) is 0 Å². The summed E-state index contributed by atoms with van der Waals surface area (Å²) in [6.07, 6.45) is 0. The van der Waals surface area contributed by atoms with E-state index in [9.17, 15) is 19.5 Å². The molecule has 0 fully saturated rings. The first-order valence-electron chi connectivity index (χ1n) is 7.58. The fraction of sp³-hybridized carbons (Fsp3) is 0.0556. The van der Waals surface area contributed by atoms with Gasteiger partial charge in [-0.25, -0.2) is 9.59 Å². The van der Waals surface area contributed by atoms with E-state index in [0.717, 1.165) is 0 Å². The standard InChI is InChI=1S/C18H15N3O6/c1-10(22)15(21-20-14-8-3-2-7-13(14)18(26)27)16(23)19-12-6-4-5-11(9-12)17(24)25/h2-9,22H,1H3,(H,19,23)(H,24,25)(H,26,27). The maximum atomic E-state index is 12.3. The second kappa shape index (κ2) is 8.39. The molecule has 9 heteroatoms. The molecular formula is C18H15N3O6. The summed E-state index contributed by atoms with van der Waals surface area (Å²) < 4.78 is 0. The number of anilines is 1. The van der Waals surface area contributed by atoms with E-state index < -0.39 is 29.3 Å². The van der Waals surface area contributed by atoms with Gasteiger partial charge in [-0.05, 0) is 37.3 Å². The zero-order valence-corrected chi connectivity index (χ0v) is 14.1. The van der Waals surface area contributed by atoms with Crippen molar-refractivity contribution in [3.05, 3.63) is 71.1 Å². The molecule has 0 aliphatic rings. The smallest absolute Gasteiger partial charge is 0.337 e. The first kappa shape index (κ1) is 19.3. The summed E-state index contributed by atoms with van der Waals surface area (Å²) in [6.45, 7) is 1.21. The van der Waals surface area contributed by atoms with Gasteiger partial charge in [-0.2, -0.15) is 0 Å². The van der Waals surface area contributed by atoms with Crippen LogP contribution in [0.4, 0.5) is 11.4 Å². The van der Waals surface area contributed by atoms with Crippen molar-refractivity contribution in [3.63, 3.8) is 0 Å². The lowest BCUT2D eigenvalue weighted by atomic mass is 10.2. The van der Waals surface area contributed by atoms with Gasteiger partial charge < -0.3 is 20.6 Å². The number of aliphatic hydroxyl groups is 1. The molecule has 1 amide bonds. The normalized spacial score (nSPS) is 11.7.